The van der Waals surface area contributed by atoms with Crippen LogP contribution in [0.1, 0.15) is 6.92 Å². The van der Waals surface area contributed by atoms with Gasteiger partial charge in [-0.3, -0.25) is 9.59 Å². The van der Waals surface area contributed by atoms with E-state index in [1.165, 1.54) is 18.7 Å². The number of carbonyl (C=O) groups excluding carboxylic acids is 2. The topological polar surface area (TPSA) is 43.4 Å². The SMILES string of the molecule is CC(=O)OC([C]=O)CSc1ccccc1. The summed E-state index contributed by atoms with van der Waals surface area (Å²) in [5, 5.41) is 0. The molecule has 0 aliphatic rings. The van der Waals surface area contributed by atoms with Crippen molar-refractivity contribution in [2.45, 2.75) is 17.9 Å². The molecule has 0 amide bonds. The minimum atomic E-state index is -0.785. The third-order valence-corrected chi connectivity index (χ3v) is 2.66. The Labute approximate surface area is 92.8 Å². The lowest BCUT2D eigenvalue weighted by molar-refractivity contribution is -0.142. The number of thioether (sulfide) groups is 1. The van der Waals surface area contributed by atoms with Gasteiger partial charge in [0.15, 0.2) is 6.10 Å². The molecule has 1 unspecified atom stereocenters. The summed E-state index contributed by atoms with van der Waals surface area (Å²) in [6.07, 6.45) is 0.905. The third kappa shape index (κ3) is 4.65. The van der Waals surface area contributed by atoms with Gasteiger partial charge < -0.3 is 4.74 Å². The standard InChI is InChI=1S/C11H11O3S/c1-9(13)14-10(7-12)8-15-11-5-3-2-4-6-11/h2-6,10H,8H2,1H3. The van der Waals surface area contributed by atoms with Crippen LogP contribution >= 0.6 is 11.8 Å². The molecule has 3 nitrogen and oxygen atoms in total. The normalized spacial score (nSPS) is 11.8. The van der Waals surface area contributed by atoms with Crippen LogP contribution < -0.4 is 0 Å². The Kier molecular flexibility index (Phi) is 4.90. The van der Waals surface area contributed by atoms with Crippen molar-refractivity contribution in [3.8, 4) is 0 Å². The molecule has 0 aliphatic carbocycles. The molecule has 15 heavy (non-hydrogen) atoms. The first-order valence-corrected chi connectivity index (χ1v) is 5.43. The number of hydrogen-bond acceptors (Lipinski definition) is 4. The smallest absolute Gasteiger partial charge is 0.303 e. The molecule has 1 rings (SSSR count). The van der Waals surface area contributed by atoms with Crippen molar-refractivity contribution in [2.75, 3.05) is 5.75 Å². The van der Waals surface area contributed by atoms with Crippen molar-refractivity contribution in [3.05, 3.63) is 30.3 Å². The van der Waals surface area contributed by atoms with Crippen LogP contribution in [-0.4, -0.2) is 24.1 Å². The summed E-state index contributed by atoms with van der Waals surface area (Å²) in [7, 11) is 0. The van der Waals surface area contributed by atoms with Gasteiger partial charge in [0.05, 0.1) is 0 Å². The summed E-state index contributed by atoms with van der Waals surface area (Å²) in [4.78, 5) is 22.1. The van der Waals surface area contributed by atoms with E-state index in [1.807, 2.05) is 30.3 Å². The average molecular weight is 223 g/mol. The summed E-state index contributed by atoms with van der Waals surface area (Å²) in [5.74, 6) is -0.0652. The Morgan fingerprint density at radius 3 is 2.67 bits per heavy atom. The summed E-state index contributed by atoms with van der Waals surface area (Å²) in [5.41, 5.74) is 0. The molecule has 0 saturated heterocycles. The van der Waals surface area contributed by atoms with E-state index >= 15 is 0 Å². The summed E-state index contributed by atoms with van der Waals surface area (Å²) in [6, 6.07) is 9.60. The van der Waals surface area contributed by atoms with E-state index < -0.39 is 12.1 Å². The maximum Gasteiger partial charge on any atom is 0.303 e. The zero-order chi connectivity index (χ0) is 11.1. The zero-order valence-corrected chi connectivity index (χ0v) is 9.12. The Morgan fingerprint density at radius 1 is 1.47 bits per heavy atom. The number of esters is 1. The van der Waals surface area contributed by atoms with Gasteiger partial charge in [-0.2, -0.15) is 0 Å². The third-order valence-electron chi connectivity index (χ3n) is 1.58. The minimum Gasteiger partial charge on any atom is -0.453 e. The molecule has 79 valence electrons. The monoisotopic (exact) mass is 223 g/mol. The predicted molar refractivity (Wildman–Crippen MR) is 58.4 cm³/mol. The number of rotatable bonds is 5. The molecule has 0 saturated carbocycles. The number of ether oxygens (including phenoxy) is 1. The van der Waals surface area contributed by atoms with Crippen LogP contribution in [0.4, 0.5) is 0 Å². The molecule has 1 aromatic carbocycles. The number of benzene rings is 1. The number of carbonyl (C=O) groups is 1. The van der Waals surface area contributed by atoms with Gasteiger partial charge in [-0.15, -0.1) is 11.8 Å². The van der Waals surface area contributed by atoms with Crippen molar-refractivity contribution in [3.63, 3.8) is 0 Å². The molecule has 0 N–H and O–H groups in total. The van der Waals surface area contributed by atoms with Crippen LogP contribution in [0, 0.1) is 0 Å². The maximum atomic E-state index is 10.6. The Bertz CT molecular complexity index is 324. The fourth-order valence-corrected chi connectivity index (χ4v) is 1.81. The van der Waals surface area contributed by atoms with E-state index in [-0.39, 0.29) is 0 Å². The van der Waals surface area contributed by atoms with Gasteiger partial charge in [-0.25, -0.2) is 0 Å². The van der Waals surface area contributed by atoms with Gasteiger partial charge in [0.1, 0.15) is 0 Å². The van der Waals surface area contributed by atoms with Gasteiger partial charge >= 0.3 is 5.97 Å². The van der Waals surface area contributed by atoms with E-state index in [4.69, 9.17) is 4.74 Å². The highest BCUT2D eigenvalue weighted by molar-refractivity contribution is 7.99. The van der Waals surface area contributed by atoms with Gasteiger partial charge in [0.2, 0.25) is 6.29 Å². The molecule has 0 fully saturated rings. The molecule has 0 aliphatic heterocycles. The van der Waals surface area contributed by atoms with Crippen molar-refractivity contribution in [1.82, 2.24) is 0 Å². The first kappa shape index (κ1) is 11.8. The molecule has 1 radical (unpaired) electrons. The second kappa shape index (κ2) is 6.24. The van der Waals surface area contributed by atoms with E-state index in [1.54, 1.807) is 6.29 Å². The fourth-order valence-electron chi connectivity index (χ4n) is 0.981. The van der Waals surface area contributed by atoms with Crippen LogP contribution in [0.3, 0.4) is 0 Å². The Morgan fingerprint density at radius 2 is 2.13 bits per heavy atom. The predicted octanol–water partition coefficient (Wildman–Crippen LogP) is 1.82. The van der Waals surface area contributed by atoms with E-state index in [9.17, 15) is 9.59 Å². The minimum absolute atomic E-state index is 0.396. The molecule has 0 heterocycles. The largest absolute Gasteiger partial charge is 0.453 e. The summed E-state index contributed by atoms with van der Waals surface area (Å²) in [6.45, 7) is 1.28. The zero-order valence-electron chi connectivity index (χ0n) is 8.30. The highest BCUT2D eigenvalue weighted by Crippen LogP contribution is 2.18. The van der Waals surface area contributed by atoms with E-state index in [2.05, 4.69) is 0 Å². The highest BCUT2D eigenvalue weighted by Gasteiger charge is 2.11. The second-order valence-electron chi connectivity index (χ2n) is 2.84. The van der Waals surface area contributed by atoms with Gasteiger partial charge in [-0.05, 0) is 12.1 Å². The molecule has 0 aromatic heterocycles. The maximum absolute atomic E-state index is 10.6. The van der Waals surface area contributed by atoms with Crippen molar-refractivity contribution in [2.24, 2.45) is 0 Å². The first-order valence-electron chi connectivity index (χ1n) is 4.45. The van der Waals surface area contributed by atoms with Crippen molar-refractivity contribution < 1.29 is 14.3 Å². The first-order chi connectivity index (χ1) is 7.22. The molecular weight excluding hydrogens is 212 g/mol. The molecule has 0 spiro atoms. The van der Waals surface area contributed by atoms with Gasteiger partial charge in [-0.1, -0.05) is 18.2 Å². The highest BCUT2D eigenvalue weighted by atomic mass is 32.2. The summed E-state index contributed by atoms with van der Waals surface area (Å²) >= 11 is 1.46. The molecule has 1 atom stereocenters. The van der Waals surface area contributed by atoms with Gasteiger partial charge in [0, 0.05) is 17.6 Å². The van der Waals surface area contributed by atoms with Crippen LogP contribution in [0.25, 0.3) is 0 Å². The van der Waals surface area contributed by atoms with Crippen molar-refractivity contribution in [1.29, 1.82) is 0 Å². The lowest BCUT2D eigenvalue weighted by Crippen LogP contribution is -2.20. The van der Waals surface area contributed by atoms with E-state index in [0.717, 1.165) is 4.90 Å². The quantitative estimate of drug-likeness (QED) is 0.564. The Hall–Kier alpha value is -1.29. The van der Waals surface area contributed by atoms with Crippen LogP contribution in [0.2, 0.25) is 0 Å². The average Bonchev–Trinajstić information content (AvgIpc) is 2.25. The fraction of sp³-hybridized carbons (Fsp3) is 0.273. The van der Waals surface area contributed by atoms with Crippen molar-refractivity contribution >= 4 is 24.0 Å². The van der Waals surface area contributed by atoms with Gasteiger partial charge in [0.25, 0.3) is 0 Å². The molecule has 4 heteroatoms. The molecular formula is C11H11O3S. The molecule has 0 bridgehead atoms. The van der Waals surface area contributed by atoms with Crippen LogP contribution in [0.5, 0.6) is 0 Å². The van der Waals surface area contributed by atoms with E-state index in [0.29, 0.717) is 5.75 Å². The van der Waals surface area contributed by atoms with Crippen LogP contribution in [0.15, 0.2) is 35.2 Å². The summed E-state index contributed by atoms with van der Waals surface area (Å²) < 4.78 is 4.74. The number of hydrogen-bond donors (Lipinski definition) is 0. The molecule has 1 aromatic rings. The lowest BCUT2D eigenvalue weighted by atomic mass is 10.4. The lowest BCUT2D eigenvalue weighted by Gasteiger charge is -2.08. The Balaban J connectivity index is 2.41. The second-order valence-corrected chi connectivity index (χ2v) is 3.93. The van der Waals surface area contributed by atoms with Crippen LogP contribution in [-0.2, 0) is 14.3 Å².